The van der Waals surface area contributed by atoms with Gasteiger partial charge in [0.15, 0.2) is 0 Å². The Morgan fingerprint density at radius 1 is 1.18 bits per heavy atom. The minimum Gasteiger partial charge on any atom is -0.393 e. The van der Waals surface area contributed by atoms with Crippen molar-refractivity contribution in [1.29, 1.82) is 0 Å². The highest BCUT2D eigenvalue weighted by Crippen LogP contribution is 2.41. The van der Waals surface area contributed by atoms with Gasteiger partial charge in [0.2, 0.25) is 0 Å². The van der Waals surface area contributed by atoms with E-state index in [1.165, 1.54) is 12.8 Å². The third kappa shape index (κ3) is 4.97. The maximum absolute atomic E-state index is 10.1. The standard InChI is InChI=1S/C15H30O2/c1-5-9-17-10-8-12-11-13(15(2,3)4)6-7-14(12)16/h12-14,16H,5-11H2,1-4H3. The number of aliphatic hydroxyl groups is 1. The zero-order valence-corrected chi connectivity index (χ0v) is 12.0. The summed E-state index contributed by atoms with van der Waals surface area (Å²) in [5, 5.41) is 10.1. The van der Waals surface area contributed by atoms with Gasteiger partial charge in [-0.2, -0.15) is 0 Å². The van der Waals surface area contributed by atoms with E-state index in [1.807, 2.05) is 0 Å². The van der Waals surface area contributed by atoms with E-state index in [2.05, 4.69) is 27.7 Å². The van der Waals surface area contributed by atoms with Crippen LogP contribution in [0.5, 0.6) is 0 Å². The van der Waals surface area contributed by atoms with Crippen molar-refractivity contribution >= 4 is 0 Å². The summed E-state index contributed by atoms with van der Waals surface area (Å²) >= 11 is 0. The first-order valence-corrected chi connectivity index (χ1v) is 7.21. The second-order valence-electron chi connectivity index (χ2n) is 6.60. The van der Waals surface area contributed by atoms with Crippen LogP contribution >= 0.6 is 0 Å². The molecule has 0 bridgehead atoms. The van der Waals surface area contributed by atoms with Crippen LogP contribution in [0.2, 0.25) is 0 Å². The Kier molecular flexibility index (Phi) is 5.94. The number of rotatable bonds is 5. The van der Waals surface area contributed by atoms with Gasteiger partial charge >= 0.3 is 0 Å². The quantitative estimate of drug-likeness (QED) is 0.746. The lowest BCUT2D eigenvalue weighted by molar-refractivity contribution is 0.00130. The molecule has 0 amide bonds. The van der Waals surface area contributed by atoms with Crippen molar-refractivity contribution in [2.45, 2.75) is 65.9 Å². The van der Waals surface area contributed by atoms with Crippen molar-refractivity contribution in [3.8, 4) is 0 Å². The molecule has 0 heterocycles. The molecule has 0 aromatic rings. The van der Waals surface area contributed by atoms with Crippen LogP contribution < -0.4 is 0 Å². The lowest BCUT2D eigenvalue weighted by atomic mass is 9.67. The molecule has 2 nitrogen and oxygen atoms in total. The zero-order chi connectivity index (χ0) is 12.9. The first-order valence-electron chi connectivity index (χ1n) is 7.21. The van der Waals surface area contributed by atoms with Gasteiger partial charge in [0, 0.05) is 13.2 Å². The number of aliphatic hydroxyl groups excluding tert-OH is 1. The lowest BCUT2D eigenvalue weighted by Crippen LogP contribution is -2.35. The molecule has 1 saturated carbocycles. The fourth-order valence-corrected chi connectivity index (χ4v) is 2.83. The SMILES string of the molecule is CCCOCCC1CC(C(C)(C)C)CCC1O. The maximum atomic E-state index is 10.1. The molecule has 0 radical (unpaired) electrons. The van der Waals surface area contributed by atoms with Crippen molar-refractivity contribution in [2.75, 3.05) is 13.2 Å². The van der Waals surface area contributed by atoms with Gasteiger partial charge in [0.1, 0.15) is 0 Å². The Morgan fingerprint density at radius 3 is 2.47 bits per heavy atom. The predicted octanol–water partition coefficient (Wildman–Crippen LogP) is 3.63. The van der Waals surface area contributed by atoms with Crippen LogP contribution in [0.25, 0.3) is 0 Å². The van der Waals surface area contributed by atoms with Crippen LogP contribution in [-0.2, 0) is 4.74 Å². The van der Waals surface area contributed by atoms with E-state index in [4.69, 9.17) is 4.74 Å². The average molecular weight is 242 g/mol. The number of hydrogen-bond acceptors (Lipinski definition) is 2. The van der Waals surface area contributed by atoms with E-state index in [0.717, 1.165) is 38.4 Å². The molecule has 1 aliphatic rings. The third-order valence-electron chi connectivity index (χ3n) is 4.15. The third-order valence-corrected chi connectivity index (χ3v) is 4.15. The molecule has 0 aliphatic heterocycles. The Balaban J connectivity index is 2.36. The van der Waals surface area contributed by atoms with Gasteiger partial charge in [-0.25, -0.2) is 0 Å². The molecule has 1 N–H and O–H groups in total. The fraction of sp³-hybridized carbons (Fsp3) is 1.00. The summed E-state index contributed by atoms with van der Waals surface area (Å²) in [7, 11) is 0. The lowest BCUT2D eigenvalue weighted by Gasteiger charge is -2.40. The van der Waals surface area contributed by atoms with Gasteiger partial charge in [-0.15, -0.1) is 0 Å². The van der Waals surface area contributed by atoms with Gasteiger partial charge in [-0.3, -0.25) is 0 Å². The van der Waals surface area contributed by atoms with E-state index >= 15 is 0 Å². The minimum absolute atomic E-state index is 0.0983. The summed E-state index contributed by atoms with van der Waals surface area (Å²) in [6, 6.07) is 0. The molecule has 3 atom stereocenters. The van der Waals surface area contributed by atoms with Gasteiger partial charge in [0.05, 0.1) is 6.10 Å². The summed E-state index contributed by atoms with van der Waals surface area (Å²) in [5.74, 6) is 1.20. The summed E-state index contributed by atoms with van der Waals surface area (Å²) in [6.07, 6.45) is 5.32. The summed E-state index contributed by atoms with van der Waals surface area (Å²) < 4.78 is 5.54. The van der Waals surface area contributed by atoms with Crippen LogP contribution in [0.4, 0.5) is 0 Å². The normalized spacial score (nSPS) is 30.5. The van der Waals surface area contributed by atoms with E-state index in [-0.39, 0.29) is 6.10 Å². The Morgan fingerprint density at radius 2 is 1.88 bits per heavy atom. The molecule has 2 heteroatoms. The maximum Gasteiger partial charge on any atom is 0.0569 e. The zero-order valence-electron chi connectivity index (χ0n) is 12.0. The van der Waals surface area contributed by atoms with E-state index in [9.17, 15) is 5.11 Å². The molecule has 3 unspecified atom stereocenters. The molecule has 1 rings (SSSR count). The van der Waals surface area contributed by atoms with Crippen molar-refractivity contribution in [3.05, 3.63) is 0 Å². The topological polar surface area (TPSA) is 29.5 Å². The van der Waals surface area contributed by atoms with Crippen molar-refractivity contribution in [1.82, 2.24) is 0 Å². The smallest absolute Gasteiger partial charge is 0.0569 e. The summed E-state index contributed by atoms with van der Waals surface area (Å²) in [6.45, 7) is 10.8. The molecule has 1 fully saturated rings. The molecule has 1 aliphatic carbocycles. The first-order chi connectivity index (χ1) is 7.95. The molecule has 0 aromatic carbocycles. The Labute approximate surface area is 107 Å². The molecule has 17 heavy (non-hydrogen) atoms. The van der Waals surface area contributed by atoms with E-state index in [1.54, 1.807) is 0 Å². The second kappa shape index (κ2) is 6.75. The van der Waals surface area contributed by atoms with Crippen LogP contribution in [0.15, 0.2) is 0 Å². The fourth-order valence-electron chi connectivity index (χ4n) is 2.83. The van der Waals surface area contributed by atoms with E-state index in [0.29, 0.717) is 11.3 Å². The number of ether oxygens (including phenoxy) is 1. The molecule has 0 aromatic heterocycles. The summed E-state index contributed by atoms with van der Waals surface area (Å²) in [5.41, 5.74) is 0.378. The van der Waals surface area contributed by atoms with Crippen LogP contribution in [0.3, 0.4) is 0 Å². The van der Waals surface area contributed by atoms with Crippen LogP contribution in [0.1, 0.15) is 59.8 Å². The van der Waals surface area contributed by atoms with Crippen molar-refractivity contribution in [2.24, 2.45) is 17.3 Å². The molecular weight excluding hydrogens is 212 g/mol. The largest absolute Gasteiger partial charge is 0.393 e. The average Bonchev–Trinajstić information content (AvgIpc) is 2.25. The molecule has 0 saturated heterocycles. The Hall–Kier alpha value is -0.0800. The highest BCUT2D eigenvalue weighted by Gasteiger charge is 2.34. The van der Waals surface area contributed by atoms with Gasteiger partial charge in [-0.1, -0.05) is 27.7 Å². The predicted molar refractivity (Wildman–Crippen MR) is 72.0 cm³/mol. The first kappa shape index (κ1) is 15.0. The summed E-state index contributed by atoms with van der Waals surface area (Å²) in [4.78, 5) is 0. The second-order valence-corrected chi connectivity index (χ2v) is 6.60. The highest BCUT2D eigenvalue weighted by molar-refractivity contribution is 4.85. The molecule has 0 spiro atoms. The molecule has 102 valence electrons. The van der Waals surface area contributed by atoms with Gasteiger partial charge in [0.25, 0.3) is 0 Å². The van der Waals surface area contributed by atoms with Crippen molar-refractivity contribution in [3.63, 3.8) is 0 Å². The van der Waals surface area contributed by atoms with Gasteiger partial charge < -0.3 is 9.84 Å². The van der Waals surface area contributed by atoms with Crippen molar-refractivity contribution < 1.29 is 9.84 Å². The number of hydrogen-bond donors (Lipinski definition) is 1. The molecular formula is C15H30O2. The van der Waals surface area contributed by atoms with E-state index < -0.39 is 0 Å². The van der Waals surface area contributed by atoms with Crippen LogP contribution in [-0.4, -0.2) is 24.4 Å². The minimum atomic E-state index is -0.0983. The van der Waals surface area contributed by atoms with Gasteiger partial charge in [-0.05, 0) is 49.4 Å². The monoisotopic (exact) mass is 242 g/mol. The highest BCUT2D eigenvalue weighted by atomic mass is 16.5. The van der Waals surface area contributed by atoms with Crippen LogP contribution in [0, 0.1) is 17.3 Å². The Bertz CT molecular complexity index is 207.